The van der Waals surface area contributed by atoms with E-state index in [2.05, 4.69) is 14.4 Å². The molecule has 2 atom stereocenters. The molecule has 0 bridgehead atoms. The molecule has 0 spiro atoms. The Morgan fingerprint density at radius 2 is 1.97 bits per heavy atom. The van der Waals surface area contributed by atoms with E-state index in [4.69, 9.17) is 4.74 Å². The number of alkyl halides is 3. The van der Waals surface area contributed by atoms with Gasteiger partial charge in [-0.1, -0.05) is 6.07 Å². The quantitative estimate of drug-likeness (QED) is 0.580. The van der Waals surface area contributed by atoms with Gasteiger partial charge in [0.15, 0.2) is 11.6 Å². The largest absolute Gasteiger partial charge is 0.598 e. The number of nitrogens with zero attached hydrogens (tertiary/aromatic N) is 1. The standard InChI is InChI=1S/C19H20F4N2O3S/c1-17(2,3)29(26)25-18(8-10-27-15-5-4-9-24-16(15)18)12-6-7-14(13(20)11-12)28-19(21,22)23/h4-7,9,11,25H,8,10H2,1-3H3/t18-,29+/m0/s1. The van der Waals surface area contributed by atoms with E-state index in [1.165, 1.54) is 12.3 Å². The molecule has 1 N–H and O–H groups in total. The highest BCUT2D eigenvalue weighted by molar-refractivity contribution is 7.90. The summed E-state index contributed by atoms with van der Waals surface area (Å²) in [6.07, 6.45) is -3.25. The maximum absolute atomic E-state index is 14.5. The highest BCUT2D eigenvalue weighted by Gasteiger charge is 2.47. The fourth-order valence-electron chi connectivity index (χ4n) is 2.98. The van der Waals surface area contributed by atoms with Crippen LogP contribution in [0.25, 0.3) is 0 Å². The Balaban J connectivity index is 2.12. The fourth-order valence-corrected chi connectivity index (χ4v) is 3.92. The van der Waals surface area contributed by atoms with Gasteiger partial charge in [0.1, 0.15) is 21.7 Å². The Bertz CT molecular complexity index is 888. The number of hydrogen-bond donors (Lipinski definition) is 1. The summed E-state index contributed by atoms with van der Waals surface area (Å²) in [6.45, 7) is 5.52. The third kappa shape index (κ3) is 4.59. The normalized spacial score (nSPS) is 20.6. The molecular weight excluding hydrogens is 412 g/mol. The fraction of sp³-hybridized carbons (Fsp3) is 0.421. The lowest BCUT2D eigenvalue weighted by molar-refractivity contribution is -0.275. The van der Waals surface area contributed by atoms with Crippen LogP contribution in [-0.4, -0.2) is 27.3 Å². The molecule has 1 aromatic carbocycles. The van der Waals surface area contributed by atoms with E-state index >= 15 is 0 Å². The summed E-state index contributed by atoms with van der Waals surface area (Å²) >= 11 is -1.59. The molecule has 0 fully saturated rings. The van der Waals surface area contributed by atoms with Gasteiger partial charge in [-0.15, -0.1) is 17.9 Å². The van der Waals surface area contributed by atoms with Gasteiger partial charge in [-0.2, -0.15) is 0 Å². The minimum atomic E-state index is -5.02. The summed E-state index contributed by atoms with van der Waals surface area (Å²) in [5.74, 6) is -1.71. The summed E-state index contributed by atoms with van der Waals surface area (Å²) in [6, 6.07) is 6.49. The van der Waals surface area contributed by atoms with Crippen LogP contribution in [0, 0.1) is 5.82 Å². The number of fused-ring (bicyclic) bond motifs is 1. The highest BCUT2D eigenvalue weighted by Crippen LogP contribution is 2.43. The van der Waals surface area contributed by atoms with E-state index in [0.717, 1.165) is 12.1 Å². The molecule has 1 aromatic heterocycles. The number of rotatable bonds is 4. The average molecular weight is 432 g/mol. The maximum Gasteiger partial charge on any atom is 0.573 e. The molecule has 0 unspecified atom stereocenters. The maximum atomic E-state index is 14.5. The van der Waals surface area contributed by atoms with Crippen molar-refractivity contribution in [3.63, 3.8) is 0 Å². The monoisotopic (exact) mass is 432 g/mol. The lowest BCUT2D eigenvalue weighted by Crippen LogP contribution is -2.54. The number of ether oxygens (including phenoxy) is 2. The minimum absolute atomic E-state index is 0.218. The zero-order valence-corrected chi connectivity index (χ0v) is 16.8. The van der Waals surface area contributed by atoms with Gasteiger partial charge in [-0.3, -0.25) is 4.98 Å². The van der Waals surface area contributed by atoms with Crippen LogP contribution >= 0.6 is 0 Å². The second-order valence-corrected chi connectivity index (χ2v) is 9.50. The Morgan fingerprint density at radius 3 is 2.59 bits per heavy atom. The van der Waals surface area contributed by atoms with Crippen molar-refractivity contribution in [3.8, 4) is 11.5 Å². The number of aromatic nitrogens is 1. The van der Waals surface area contributed by atoms with Crippen molar-refractivity contribution in [3.05, 3.63) is 53.6 Å². The Morgan fingerprint density at radius 1 is 1.24 bits per heavy atom. The van der Waals surface area contributed by atoms with E-state index in [1.54, 1.807) is 32.9 Å². The van der Waals surface area contributed by atoms with Crippen molar-refractivity contribution in [1.29, 1.82) is 0 Å². The van der Waals surface area contributed by atoms with Crippen LogP contribution in [0.3, 0.4) is 0 Å². The summed E-state index contributed by atoms with van der Waals surface area (Å²) < 4.78 is 76.6. The summed E-state index contributed by atoms with van der Waals surface area (Å²) in [7, 11) is 0. The molecule has 2 aromatic rings. The van der Waals surface area contributed by atoms with E-state index in [0.29, 0.717) is 11.4 Å². The summed E-state index contributed by atoms with van der Waals surface area (Å²) in [5.41, 5.74) is -0.567. The number of pyridine rings is 1. The highest BCUT2D eigenvalue weighted by atomic mass is 32.2. The zero-order chi connectivity index (χ0) is 21.4. The second-order valence-electron chi connectivity index (χ2n) is 7.53. The predicted molar refractivity (Wildman–Crippen MR) is 99.2 cm³/mol. The van der Waals surface area contributed by atoms with Crippen LogP contribution in [0.1, 0.15) is 38.4 Å². The molecule has 10 heteroatoms. The van der Waals surface area contributed by atoms with Crippen molar-refractivity contribution in [2.75, 3.05) is 6.61 Å². The number of halogens is 4. The van der Waals surface area contributed by atoms with Gasteiger partial charge in [-0.25, -0.2) is 4.39 Å². The molecule has 2 heterocycles. The molecular formula is C19H20F4N2O3S. The van der Waals surface area contributed by atoms with Crippen LogP contribution in [0.4, 0.5) is 17.6 Å². The lowest BCUT2D eigenvalue weighted by atomic mass is 9.82. The van der Waals surface area contributed by atoms with Crippen LogP contribution in [-0.2, 0) is 16.9 Å². The van der Waals surface area contributed by atoms with Crippen LogP contribution in [0.2, 0.25) is 0 Å². The van der Waals surface area contributed by atoms with E-state index in [9.17, 15) is 22.1 Å². The van der Waals surface area contributed by atoms with Gasteiger partial charge in [0.25, 0.3) is 0 Å². The van der Waals surface area contributed by atoms with Crippen molar-refractivity contribution in [2.45, 2.75) is 43.8 Å². The lowest BCUT2D eigenvalue weighted by Gasteiger charge is -2.40. The average Bonchev–Trinajstić information content (AvgIpc) is 2.61. The number of benzene rings is 1. The number of hydrogen-bond acceptors (Lipinski definition) is 5. The molecule has 0 saturated heterocycles. The number of nitrogens with one attached hydrogen (secondary N) is 1. The van der Waals surface area contributed by atoms with Crippen molar-refractivity contribution in [2.24, 2.45) is 0 Å². The topological polar surface area (TPSA) is 66.4 Å². The third-order valence-corrected chi connectivity index (χ3v) is 6.03. The molecule has 1 aliphatic rings. The first-order valence-corrected chi connectivity index (χ1v) is 9.91. The van der Waals surface area contributed by atoms with Crippen LogP contribution in [0.5, 0.6) is 11.5 Å². The van der Waals surface area contributed by atoms with Crippen molar-refractivity contribution in [1.82, 2.24) is 9.71 Å². The third-order valence-electron chi connectivity index (χ3n) is 4.38. The predicted octanol–water partition coefficient (Wildman–Crippen LogP) is 4.20. The molecule has 0 amide bonds. The molecule has 0 aliphatic carbocycles. The van der Waals surface area contributed by atoms with Gasteiger partial charge in [0.2, 0.25) is 0 Å². The first kappa shape index (κ1) is 21.7. The SMILES string of the molecule is CC(C)(C)[S@@+]([O-])N[C@]1(c2ccc(OC(F)(F)F)c(F)c2)CCOc2cccnc21. The van der Waals surface area contributed by atoms with Crippen LogP contribution < -0.4 is 14.2 Å². The Hall–Kier alpha value is -2.04. The smallest absolute Gasteiger partial charge is 0.573 e. The minimum Gasteiger partial charge on any atom is -0.598 e. The molecule has 158 valence electrons. The molecule has 0 saturated carbocycles. The van der Waals surface area contributed by atoms with Gasteiger partial charge >= 0.3 is 6.36 Å². The van der Waals surface area contributed by atoms with Crippen molar-refractivity contribution >= 4 is 11.4 Å². The first-order valence-electron chi connectivity index (χ1n) is 8.76. The zero-order valence-electron chi connectivity index (χ0n) is 16.0. The first-order chi connectivity index (χ1) is 13.4. The second kappa shape index (κ2) is 7.66. The van der Waals surface area contributed by atoms with E-state index < -0.39 is 39.6 Å². The summed E-state index contributed by atoms with van der Waals surface area (Å²) in [5, 5.41) is 0. The molecule has 0 radical (unpaired) electrons. The molecule has 3 rings (SSSR count). The molecule has 1 aliphatic heterocycles. The van der Waals surface area contributed by atoms with Gasteiger partial charge in [0.05, 0.1) is 6.61 Å². The summed E-state index contributed by atoms with van der Waals surface area (Å²) in [4.78, 5) is 4.34. The van der Waals surface area contributed by atoms with E-state index in [-0.39, 0.29) is 18.6 Å². The van der Waals surface area contributed by atoms with Gasteiger partial charge < -0.3 is 14.0 Å². The van der Waals surface area contributed by atoms with Crippen molar-refractivity contribution < 1.29 is 31.6 Å². The Kier molecular flexibility index (Phi) is 5.72. The Labute approximate surface area is 168 Å². The van der Waals surface area contributed by atoms with Gasteiger partial charge in [-0.05, 0) is 50.6 Å². The van der Waals surface area contributed by atoms with E-state index in [1.807, 2.05) is 0 Å². The van der Waals surface area contributed by atoms with Crippen LogP contribution in [0.15, 0.2) is 36.5 Å². The molecule has 5 nitrogen and oxygen atoms in total. The van der Waals surface area contributed by atoms with Gasteiger partial charge in [0, 0.05) is 24.0 Å². The molecule has 29 heavy (non-hydrogen) atoms.